The fourth-order valence-corrected chi connectivity index (χ4v) is 2.39. The van der Waals surface area contributed by atoms with Crippen LogP contribution in [0.25, 0.3) is 6.08 Å². The van der Waals surface area contributed by atoms with Crippen molar-refractivity contribution in [1.29, 1.82) is 0 Å². The van der Waals surface area contributed by atoms with Crippen molar-refractivity contribution in [3.63, 3.8) is 0 Å². The minimum atomic E-state index is -0.123. The first-order chi connectivity index (χ1) is 11.1. The van der Waals surface area contributed by atoms with E-state index in [9.17, 15) is 4.79 Å². The monoisotopic (exact) mass is 319 g/mol. The van der Waals surface area contributed by atoms with E-state index in [1.54, 1.807) is 13.2 Å². The second kappa shape index (κ2) is 8.58. The third-order valence-corrected chi connectivity index (χ3v) is 3.51. The molecule has 126 valence electrons. The molecule has 1 fully saturated rings. The maximum atomic E-state index is 11.8. The van der Waals surface area contributed by atoms with Gasteiger partial charge in [-0.15, -0.1) is 0 Å². The van der Waals surface area contributed by atoms with Gasteiger partial charge < -0.3 is 19.5 Å². The highest BCUT2D eigenvalue weighted by molar-refractivity contribution is 5.91. The fraction of sp³-hybridized carbons (Fsp3) is 0.500. The third kappa shape index (κ3) is 5.60. The van der Waals surface area contributed by atoms with Crippen LogP contribution in [0.5, 0.6) is 11.5 Å². The zero-order valence-corrected chi connectivity index (χ0v) is 14.0. The zero-order chi connectivity index (χ0) is 16.7. The predicted octanol–water partition coefficient (Wildman–Crippen LogP) is 2.79. The van der Waals surface area contributed by atoms with E-state index in [-0.39, 0.29) is 18.1 Å². The van der Waals surface area contributed by atoms with E-state index in [0.29, 0.717) is 18.0 Å². The van der Waals surface area contributed by atoms with E-state index in [4.69, 9.17) is 14.2 Å². The molecule has 0 aliphatic carbocycles. The summed E-state index contributed by atoms with van der Waals surface area (Å²) in [6.45, 7) is 5.28. The molecule has 0 radical (unpaired) electrons. The van der Waals surface area contributed by atoms with Crippen LogP contribution in [0.1, 0.15) is 32.3 Å². The van der Waals surface area contributed by atoms with Crippen LogP contribution in [-0.4, -0.2) is 38.4 Å². The number of hydrogen-bond acceptors (Lipinski definition) is 4. The maximum absolute atomic E-state index is 11.8. The number of carbonyl (C=O) groups excluding carboxylic acids is 1. The van der Waals surface area contributed by atoms with Gasteiger partial charge in [-0.05, 0) is 50.5 Å². The van der Waals surface area contributed by atoms with Gasteiger partial charge in [0.15, 0.2) is 11.5 Å². The fourth-order valence-electron chi connectivity index (χ4n) is 2.39. The number of carbonyl (C=O) groups is 1. The summed E-state index contributed by atoms with van der Waals surface area (Å²) in [5, 5.41) is 2.85. The number of nitrogens with one attached hydrogen (secondary N) is 1. The molecule has 1 aliphatic heterocycles. The number of rotatable bonds is 7. The quantitative estimate of drug-likeness (QED) is 0.785. The molecule has 1 heterocycles. The Morgan fingerprint density at radius 3 is 2.91 bits per heavy atom. The summed E-state index contributed by atoms with van der Waals surface area (Å²) in [6.07, 6.45) is 5.59. The molecule has 5 heteroatoms. The minimum absolute atomic E-state index is 0.0777. The van der Waals surface area contributed by atoms with Gasteiger partial charge in [-0.1, -0.05) is 6.07 Å². The first-order valence-electron chi connectivity index (χ1n) is 8.00. The lowest BCUT2D eigenvalue weighted by molar-refractivity contribution is -0.116. The Kier molecular flexibility index (Phi) is 6.47. The molecule has 1 aromatic rings. The molecule has 0 unspecified atom stereocenters. The first-order valence-corrected chi connectivity index (χ1v) is 8.00. The maximum Gasteiger partial charge on any atom is 0.244 e. The third-order valence-electron chi connectivity index (χ3n) is 3.51. The van der Waals surface area contributed by atoms with Gasteiger partial charge in [-0.2, -0.15) is 0 Å². The molecule has 1 atom stereocenters. The Hall–Kier alpha value is -2.01. The van der Waals surface area contributed by atoms with Crippen LogP contribution in [-0.2, 0) is 9.53 Å². The van der Waals surface area contributed by atoms with E-state index in [2.05, 4.69) is 5.32 Å². The summed E-state index contributed by atoms with van der Waals surface area (Å²) >= 11 is 0. The Labute approximate surface area is 137 Å². The van der Waals surface area contributed by atoms with E-state index >= 15 is 0 Å². The summed E-state index contributed by atoms with van der Waals surface area (Å²) in [4.78, 5) is 11.8. The van der Waals surface area contributed by atoms with Crippen molar-refractivity contribution in [3.05, 3.63) is 29.8 Å². The lowest BCUT2D eigenvalue weighted by Crippen LogP contribution is -2.30. The van der Waals surface area contributed by atoms with Crippen molar-refractivity contribution >= 4 is 12.0 Å². The molecule has 1 saturated heterocycles. The van der Waals surface area contributed by atoms with Crippen LogP contribution in [0.15, 0.2) is 24.3 Å². The van der Waals surface area contributed by atoms with Gasteiger partial charge in [0.25, 0.3) is 0 Å². The number of amides is 1. The van der Waals surface area contributed by atoms with Crippen LogP contribution >= 0.6 is 0 Å². The smallest absolute Gasteiger partial charge is 0.244 e. The van der Waals surface area contributed by atoms with Crippen molar-refractivity contribution < 1.29 is 19.0 Å². The molecule has 1 aliphatic rings. The summed E-state index contributed by atoms with van der Waals surface area (Å²) < 4.78 is 16.5. The minimum Gasteiger partial charge on any atom is -0.493 e. The molecule has 23 heavy (non-hydrogen) atoms. The molecule has 0 aromatic heterocycles. The van der Waals surface area contributed by atoms with Crippen LogP contribution < -0.4 is 14.8 Å². The van der Waals surface area contributed by atoms with Crippen LogP contribution in [0.2, 0.25) is 0 Å². The highest BCUT2D eigenvalue weighted by atomic mass is 16.5. The van der Waals surface area contributed by atoms with Gasteiger partial charge in [-0.3, -0.25) is 4.79 Å². The van der Waals surface area contributed by atoms with Gasteiger partial charge in [-0.25, -0.2) is 0 Å². The molecule has 1 amide bonds. The molecular weight excluding hydrogens is 294 g/mol. The largest absolute Gasteiger partial charge is 0.493 e. The molecule has 1 N–H and O–H groups in total. The molecular formula is C18H25NO4. The van der Waals surface area contributed by atoms with E-state index < -0.39 is 0 Å². The number of hydrogen-bond donors (Lipinski definition) is 1. The molecule has 0 saturated carbocycles. The second-order valence-corrected chi connectivity index (χ2v) is 5.79. The SMILES string of the molecule is COc1cc(/C=C/C(=O)NC[C@@H]2CCCO2)ccc1OC(C)C. The van der Waals surface area contributed by atoms with Gasteiger partial charge in [0.2, 0.25) is 5.91 Å². The Balaban J connectivity index is 1.91. The normalized spacial score (nSPS) is 17.7. The molecule has 2 rings (SSSR count). The second-order valence-electron chi connectivity index (χ2n) is 5.79. The predicted molar refractivity (Wildman–Crippen MR) is 89.8 cm³/mol. The molecule has 1 aromatic carbocycles. The first kappa shape index (κ1) is 17.3. The summed E-state index contributed by atoms with van der Waals surface area (Å²) in [5.74, 6) is 1.23. The molecule has 0 spiro atoms. The summed E-state index contributed by atoms with van der Waals surface area (Å²) in [5.41, 5.74) is 0.880. The van der Waals surface area contributed by atoms with Crippen molar-refractivity contribution in [2.45, 2.75) is 38.9 Å². The Bertz CT molecular complexity index is 548. The van der Waals surface area contributed by atoms with Crippen molar-refractivity contribution in [3.8, 4) is 11.5 Å². The van der Waals surface area contributed by atoms with E-state index in [1.807, 2.05) is 32.0 Å². The van der Waals surface area contributed by atoms with Crippen LogP contribution in [0.3, 0.4) is 0 Å². The lowest BCUT2D eigenvalue weighted by Gasteiger charge is -2.13. The summed E-state index contributed by atoms with van der Waals surface area (Å²) in [7, 11) is 1.60. The Morgan fingerprint density at radius 1 is 1.43 bits per heavy atom. The van der Waals surface area contributed by atoms with Crippen LogP contribution in [0.4, 0.5) is 0 Å². The van der Waals surface area contributed by atoms with Gasteiger partial charge in [0.05, 0.1) is 19.3 Å². The Morgan fingerprint density at radius 2 is 2.26 bits per heavy atom. The van der Waals surface area contributed by atoms with Gasteiger partial charge in [0.1, 0.15) is 0 Å². The van der Waals surface area contributed by atoms with Gasteiger partial charge in [0, 0.05) is 19.2 Å². The highest BCUT2D eigenvalue weighted by Gasteiger charge is 2.15. The number of methoxy groups -OCH3 is 1. The van der Waals surface area contributed by atoms with Crippen molar-refractivity contribution in [2.24, 2.45) is 0 Å². The van der Waals surface area contributed by atoms with Crippen LogP contribution in [0, 0.1) is 0 Å². The molecule has 0 bridgehead atoms. The number of ether oxygens (including phenoxy) is 3. The average molecular weight is 319 g/mol. The van der Waals surface area contributed by atoms with Crippen molar-refractivity contribution in [2.75, 3.05) is 20.3 Å². The average Bonchev–Trinajstić information content (AvgIpc) is 3.04. The van der Waals surface area contributed by atoms with E-state index in [1.165, 1.54) is 6.08 Å². The van der Waals surface area contributed by atoms with E-state index in [0.717, 1.165) is 25.0 Å². The summed E-state index contributed by atoms with van der Waals surface area (Å²) in [6, 6.07) is 5.59. The lowest BCUT2D eigenvalue weighted by atomic mass is 10.2. The standard InChI is InChI=1S/C18H25NO4/c1-13(2)23-16-8-6-14(11-17(16)21-3)7-9-18(20)19-12-15-5-4-10-22-15/h6-9,11,13,15H,4-5,10,12H2,1-3H3,(H,19,20)/b9-7+/t15-/m0/s1. The van der Waals surface area contributed by atoms with Gasteiger partial charge >= 0.3 is 0 Å². The topological polar surface area (TPSA) is 56.8 Å². The highest BCUT2D eigenvalue weighted by Crippen LogP contribution is 2.29. The number of benzene rings is 1. The van der Waals surface area contributed by atoms with Crippen molar-refractivity contribution in [1.82, 2.24) is 5.32 Å². The zero-order valence-electron chi connectivity index (χ0n) is 14.0. The molecule has 5 nitrogen and oxygen atoms in total.